The Balaban J connectivity index is 1.86. The molecule has 0 saturated heterocycles. The number of likely N-dealkylation sites (N-methyl/N-ethyl adjacent to an activating group) is 1. The summed E-state index contributed by atoms with van der Waals surface area (Å²) in [5.74, 6) is 1.29. The first-order valence-corrected chi connectivity index (χ1v) is 9.88. The minimum Gasteiger partial charge on any atom is -0.490 e. The molecule has 4 rings (SSSR count). The van der Waals surface area contributed by atoms with E-state index in [0.29, 0.717) is 23.1 Å². The van der Waals surface area contributed by atoms with E-state index in [0.717, 1.165) is 23.1 Å². The Bertz CT molecular complexity index is 972. The number of amides is 1. The van der Waals surface area contributed by atoms with Gasteiger partial charge in [0.2, 0.25) is 0 Å². The number of guanidine groups is 1. The Morgan fingerprint density at radius 3 is 2.68 bits per heavy atom. The third kappa shape index (κ3) is 3.04. The summed E-state index contributed by atoms with van der Waals surface area (Å²) in [5, 5.41) is 0.664. The summed E-state index contributed by atoms with van der Waals surface area (Å²) < 4.78 is 6.26. The molecule has 5 nitrogen and oxygen atoms in total. The number of benzene rings is 2. The Hall–Kier alpha value is -2.53. The number of halogens is 1. The van der Waals surface area contributed by atoms with Crippen molar-refractivity contribution >= 4 is 23.5 Å². The second-order valence-electron chi connectivity index (χ2n) is 7.99. The van der Waals surface area contributed by atoms with Gasteiger partial charge in [-0.05, 0) is 47.7 Å². The van der Waals surface area contributed by atoms with Gasteiger partial charge in [0.1, 0.15) is 11.9 Å². The van der Waals surface area contributed by atoms with Crippen LogP contribution in [0.1, 0.15) is 32.3 Å². The lowest BCUT2D eigenvalue weighted by atomic mass is 9.79. The van der Waals surface area contributed by atoms with Gasteiger partial charge in [0.05, 0.1) is 0 Å². The number of nitrogens with zero attached hydrogens (tertiary/aromatic N) is 2. The molecule has 2 aliphatic rings. The van der Waals surface area contributed by atoms with Crippen LogP contribution in [0.25, 0.3) is 11.1 Å². The van der Waals surface area contributed by atoms with Crippen molar-refractivity contribution in [3.8, 4) is 16.9 Å². The molecule has 1 amide bonds. The molecule has 0 aliphatic carbocycles. The van der Waals surface area contributed by atoms with Crippen molar-refractivity contribution in [3.63, 3.8) is 0 Å². The zero-order valence-electron chi connectivity index (χ0n) is 16.3. The van der Waals surface area contributed by atoms with Gasteiger partial charge in [0.25, 0.3) is 5.91 Å². The van der Waals surface area contributed by atoms with Crippen LogP contribution >= 0.6 is 11.6 Å². The fourth-order valence-corrected chi connectivity index (χ4v) is 4.32. The van der Waals surface area contributed by atoms with E-state index in [-0.39, 0.29) is 18.0 Å². The van der Waals surface area contributed by atoms with Crippen molar-refractivity contribution < 1.29 is 9.53 Å². The summed E-state index contributed by atoms with van der Waals surface area (Å²) in [4.78, 5) is 19.3. The summed E-state index contributed by atoms with van der Waals surface area (Å²) in [6.45, 7) is 4.29. The number of nitrogens with two attached hydrogens (primary N) is 1. The largest absolute Gasteiger partial charge is 0.490 e. The first-order chi connectivity index (χ1) is 13.3. The van der Waals surface area contributed by atoms with Crippen LogP contribution in [-0.2, 0) is 10.3 Å². The number of carbonyl (C=O) groups excluding carboxylic acids is 1. The molecule has 28 heavy (non-hydrogen) atoms. The zero-order valence-corrected chi connectivity index (χ0v) is 17.0. The number of rotatable bonds is 3. The molecule has 0 radical (unpaired) electrons. The van der Waals surface area contributed by atoms with E-state index in [4.69, 9.17) is 22.1 Å². The number of hydrogen-bond donors (Lipinski definition) is 1. The molecule has 2 heterocycles. The van der Waals surface area contributed by atoms with E-state index < -0.39 is 5.54 Å². The summed E-state index contributed by atoms with van der Waals surface area (Å²) in [6, 6.07) is 13.6. The summed E-state index contributed by atoms with van der Waals surface area (Å²) in [7, 11) is 1.67. The normalized spacial score (nSPS) is 23.8. The molecule has 1 unspecified atom stereocenters. The summed E-state index contributed by atoms with van der Waals surface area (Å²) >= 11 is 6.16. The van der Waals surface area contributed by atoms with Crippen molar-refractivity contribution in [2.45, 2.75) is 38.3 Å². The second-order valence-corrected chi connectivity index (χ2v) is 8.43. The van der Waals surface area contributed by atoms with Crippen molar-refractivity contribution in [2.24, 2.45) is 16.6 Å². The molecule has 2 N–H and O–H groups in total. The highest BCUT2D eigenvalue weighted by molar-refractivity contribution is 6.30. The van der Waals surface area contributed by atoms with E-state index >= 15 is 0 Å². The van der Waals surface area contributed by atoms with Crippen LogP contribution in [0.15, 0.2) is 47.5 Å². The molecule has 6 heteroatoms. The van der Waals surface area contributed by atoms with Crippen molar-refractivity contribution in [1.29, 1.82) is 0 Å². The lowest BCUT2D eigenvalue weighted by molar-refractivity contribution is -0.132. The smallest absolute Gasteiger partial charge is 0.261 e. The molecule has 2 aromatic carbocycles. The van der Waals surface area contributed by atoms with Crippen molar-refractivity contribution in [2.75, 3.05) is 7.05 Å². The van der Waals surface area contributed by atoms with Gasteiger partial charge in [-0.15, -0.1) is 0 Å². The lowest BCUT2D eigenvalue weighted by Crippen LogP contribution is -2.45. The Morgan fingerprint density at radius 2 is 2.04 bits per heavy atom. The third-order valence-corrected chi connectivity index (χ3v) is 5.68. The molecule has 2 aromatic rings. The maximum atomic E-state index is 13.2. The number of hydrogen-bond acceptors (Lipinski definition) is 4. The van der Waals surface area contributed by atoms with Gasteiger partial charge >= 0.3 is 0 Å². The average Bonchev–Trinajstić information content (AvgIpc) is 2.85. The number of ether oxygens (including phenoxy) is 1. The zero-order chi connectivity index (χ0) is 20.1. The predicted molar refractivity (Wildman–Crippen MR) is 111 cm³/mol. The molecular formula is C22H24ClN3O2. The third-order valence-electron chi connectivity index (χ3n) is 5.44. The highest BCUT2D eigenvalue weighted by Gasteiger charge is 2.53. The molecule has 2 aliphatic heterocycles. The van der Waals surface area contributed by atoms with E-state index in [1.54, 1.807) is 7.05 Å². The van der Waals surface area contributed by atoms with Crippen LogP contribution in [0.5, 0.6) is 5.75 Å². The van der Waals surface area contributed by atoms with E-state index in [1.807, 2.05) is 42.5 Å². The molecule has 0 saturated carbocycles. The van der Waals surface area contributed by atoms with Crippen LogP contribution < -0.4 is 10.5 Å². The molecule has 146 valence electrons. The minimum atomic E-state index is -1.03. The SMILES string of the molecule is CC(C)C[C@H]1CC2(N=C(N)N(C)C2=O)c2cc(-c3cccc(Cl)c3)ccc2O1. The quantitative estimate of drug-likeness (QED) is 0.844. The topological polar surface area (TPSA) is 67.9 Å². The fourth-order valence-electron chi connectivity index (χ4n) is 4.13. The van der Waals surface area contributed by atoms with Crippen LogP contribution in [0.4, 0.5) is 0 Å². The maximum Gasteiger partial charge on any atom is 0.261 e. The number of carbonyl (C=O) groups is 1. The monoisotopic (exact) mass is 397 g/mol. The van der Waals surface area contributed by atoms with E-state index in [1.165, 1.54) is 4.90 Å². The van der Waals surface area contributed by atoms with Crippen LogP contribution in [0.3, 0.4) is 0 Å². The fraction of sp³-hybridized carbons (Fsp3) is 0.364. The Kier molecular flexibility index (Phi) is 4.58. The van der Waals surface area contributed by atoms with E-state index in [2.05, 4.69) is 18.8 Å². The van der Waals surface area contributed by atoms with E-state index in [9.17, 15) is 4.79 Å². The van der Waals surface area contributed by atoms with Gasteiger partial charge in [0, 0.05) is 24.1 Å². The van der Waals surface area contributed by atoms with Gasteiger partial charge in [-0.1, -0.05) is 43.6 Å². The summed E-state index contributed by atoms with van der Waals surface area (Å²) in [5.41, 5.74) is 7.72. The standard InChI is InChI=1S/C22H24ClN3O2/c1-13(2)9-17-12-22(20(27)26(3)21(24)25-22)18-11-15(7-8-19(18)28-17)14-5-4-6-16(23)10-14/h4-8,10-11,13,17H,9,12H2,1-3H3,(H2,24,25)/t17-,22?/m0/s1. The van der Waals surface area contributed by atoms with Crippen molar-refractivity contribution in [1.82, 2.24) is 4.90 Å². The van der Waals surface area contributed by atoms with Gasteiger partial charge in [-0.2, -0.15) is 0 Å². The summed E-state index contributed by atoms with van der Waals surface area (Å²) in [6.07, 6.45) is 1.25. The molecule has 0 aromatic heterocycles. The van der Waals surface area contributed by atoms with Crippen LogP contribution in [0, 0.1) is 5.92 Å². The number of fused-ring (bicyclic) bond motifs is 2. The highest BCUT2D eigenvalue weighted by atomic mass is 35.5. The molecular weight excluding hydrogens is 374 g/mol. The molecule has 2 atom stereocenters. The van der Waals surface area contributed by atoms with Crippen molar-refractivity contribution in [3.05, 3.63) is 53.1 Å². The van der Waals surface area contributed by atoms with Gasteiger partial charge in [-0.3, -0.25) is 9.69 Å². The predicted octanol–water partition coefficient (Wildman–Crippen LogP) is 4.19. The number of aliphatic imine (C=N–C) groups is 1. The van der Waals surface area contributed by atoms with Gasteiger partial charge in [0.15, 0.2) is 11.5 Å². The molecule has 0 bridgehead atoms. The van der Waals surface area contributed by atoms with Crippen LogP contribution in [0.2, 0.25) is 5.02 Å². The maximum absolute atomic E-state index is 13.2. The second kappa shape index (κ2) is 6.82. The van der Waals surface area contributed by atoms with Gasteiger partial charge < -0.3 is 10.5 Å². The lowest BCUT2D eigenvalue weighted by Gasteiger charge is -2.37. The highest BCUT2D eigenvalue weighted by Crippen LogP contribution is 2.48. The van der Waals surface area contributed by atoms with Crippen LogP contribution in [-0.4, -0.2) is 29.9 Å². The minimum absolute atomic E-state index is 0.0866. The first-order valence-electron chi connectivity index (χ1n) is 9.51. The van der Waals surface area contributed by atoms with Gasteiger partial charge in [-0.25, -0.2) is 4.99 Å². The molecule has 0 fully saturated rings. The Morgan fingerprint density at radius 1 is 1.29 bits per heavy atom. The average molecular weight is 398 g/mol. The Labute approximate surface area is 170 Å². The first kappa shape index (κ1) is 18.8. The molecule has 1 spiro atoms.